The number of rotatable bonds is 2. The number of hydrogen-bond acceptors (Lipinski definition) is 1. The molecule has 1 aliphatic carbocycles. The highest BCUT2D eigenvalue weighted by Gasteiger charge is 2.26. The Balaban J connectivity index is 2.18. The summed E-state index contributed by atoms with van der Waals surface area (Å²) in [4.78, 5) is 0. The molecule has 0 atom stereocenters. The SMILES string of the molecule is C[SiH](C)c1c(-c2ccccc2)oc2c1CCC2. The molecule has 2 heteroatoms. The van der Waals surface area contributed by atoms with E-state index in [0.29, 0.717) is 0 Å². The average molecular weight is 242 g/mol. The quantitative estimate of drug-likeness (QED) is 0.737. The van der Waals surface area contributed by atoms with Crippen molar-refractivity contribution in [2.75, 3.05) is 0 Å². The maximum atomic E-state index is 6.14. The van der Waals surface area contributed by atoms with Crippen LogP contribution in [0.5, 0.6) is 0 Å². The van der Waals surface area contributed by atoms with Gasteiger partial charge < -0.3 is 4.42 Å². The zero-order valence-corrected chi connectivity index (χ0v) is 11.6. The van der Waals surface area contributed by atoms with Gasteiger partial charge in [0.15, 0.2) is 0 Å². The number of benzene rings is 1. The standard InChI is InChI=1S/C15H18OSi/c1-17(2)15-12-9-6-10-13(12)16-14(15)11-7-4-3-5-8-11/h3-5,7-8,17H,6,9-10H2,1-2H3. The molecule has 1 nitrogen and oxygen atoms in total. The molecule has 0 saturated heterocycles. The van der Waals surface area contributed by atoms with Crippen LogP contribution in [0.1, 0.15) is 17.7 Å². The van der Waals surface area contributed by atoms with Crippen molar-refractivity contribution in [3.63, 3.8) is 0 Å². The number of fused-ring (bicyclic) bond motifs is 1. The molecule has 0 spiro atoms. The molecule has 0 radical (unpaired) electrons. The van der Waals surface area contributed by atoms with Crippen LogP contribution in [0.4, 0.5) is 0 Å². The molecule has 1 aromatic heterocycles. The van der Waals surface area contributed by atoms with Gasteiger partial charge in [-0.25, -0.2) is 0 Å². The molecule has 0 fully saturated rings. The predicted molar refractivity (Wildman–Crippen MR) is 74.7 cm³/mol. The Morgan fingerprint density at radius 1 is 1.06 bits per heavy atom. The van der Waals surface area contributed by atoms with E-state index in [1.165, 1.54) is 24.2 Å². The van der Waals surface area contributed by atoms with Crippen molar-refractivity contribution in [3.8, 4) is 11.3 Å². The van der Waals surface area contributed by atoms with Crippen LogP contribution in [0.3, 0.4) is 0 Å². The lowest BCUT2D eigenvalue weighted by atomic mass is 10.1. The van der Waals surface area contributed by atoms with Crippen molar-refractivity contribution in [1.82, 2.24) is 0 Å². The Morgan fingerprint density at radius 2 is 1.82 bits per heavy atom. The van der Waals surface area contributed by atoms with Crippen molar-refractivity contribution in [3.05, 3.63) is 41.7 Å². The van der Waals surface area contributed by atoms with Gasteiger partial charge in [-0.15, -0.1) is 0 Å². The molecule has 0 unspecified atom stereocenters. The first-order valence-corrected chi connectivity index (χ1v) is 9.36. The van der Waals surface area contributed by atoms with E-state index < -0.39 is 8.80 Å². The molecule has 0 bridgehead atoms. The lowest BCUT2D eigenvalue weighted by Crippen LogP contribution is -2.26. The second-order valence-corrected chi connectivity index (χ2v) is 8.01. The van der Waals surface area contributed by atoms with Gasteiger partial charge in [0, 0.05) is 12.0 Å². The highest BCUT2D eigenvalue weighted by molar-refractivity contribution is 6.72. The highest BCUT2D eigenvalue weighted by Crippen LogP contribution is 2.30. The van der Waals surface area contributed by atoms with Crippen LogP contribution in [-0.4, -0.2) is 8.80 Å². The maximum Gasteiger partial charge on any atom is 0.133 e. The zero-order valence-electron chi connectivity index (χ0n) is 10.5. The third kappa shape index (κ3) is 1.77. The van der Waals surface area contributed by atoms with E-state index in [0.717, 1.165) is 12.2 Å². The molecule has 0 aliphatic heterocycles. The van der Waals surface area contributed by atoms with E-state index in [2.05, 4.69) is 43.4 Å². The molecule has 0 saturated carbocycles. The second kappa shape index (κ2) is 4.19. The fourth-order valence-corrected chi connectivity index (χ4v) is 4.60. The van der Waals surface area contributed by atoms with Crippen LogP contribution >= 0.6 is 0 Å². The number of furan rings is 1. The van der Waals surface area contributed by atoms with Gasteiger partial charge in [-0.3, -0.25) is 0 Å². The second-order valence-electron chi connectivity index (χ2n) is 5.12. The zero-order chi connectivity index (χ0) is 11.8. The first-order valence-electron chi connectivity index (χ1n) is 6.47. The monoisotopic (exact) mass is 242 g/mol. The van der Waals surface area contributed by atoms with Gasteiger partial charge in [-0.1, -0.05) is 43.4 Å². The number of hydrogen-bond donors (Lipinski definition) is 0. The van der Waals surface area contributed by atoms with Crippen LogP contribution < -0.4 is 5.19 Å². The van der Waals surface area contributed by atoms with E-state index in [4.69, 9.17) is 4.42 Å². The molecule has 1 aliphatic rings. The van der Waals surface area contributed by atoms with Gasteiger partial charge in [-0.2, -0.15) is 0 Å². The molecular formula is C15H18OSi. The fourth-order valence-electron chi connectivity index (χ4n) is 2.84. The smallest absolute Gasteiger partial charge is 0.133 e. The Bertz CT molecular complexity index is 525. The highest BCUT2D eigenvalue weighted by atomic mass is 28.3. The van der Waals surface area contributed by atoms with E-state index >= 15 is 0 Å². The summed E-state index contributed by atoms with van der Waals surface area (Å²) in [7, 11) is -0.828. The molecule has 1 aromatic carbocycles. The average Bonchev–Trinajstić information content (AvgIpc) is 2.88. The molecule has 3 rings (SSSR count). The molecule has 0 amide bonds. The van der Waals surface area contributed by atoms with Crippen LogP contribution in [0.25, 0.3) is 11.3 Å². The van der Waals surface area contributed by atoms with E-state index in [-0.39, 0.29) is 0 Å². The topological polar surface area (TPSA) is 13.1 Å². The lowest BCUT2D eigenvalue weighted by Gasteiger charge is -2.07. The van der Waals surface area contributed by atoms with Gasteiger partial charge in [0.25, 0.3) is 0 Å². The van der Waals surface area contributed by atoms with Crippen LogP contribution in [0, 0.1) is 0 Å². The first kappa shape index (κ1) is 10.8. The molecule has 88 valence electrons. The Hall–Kier alpha value is -1.28. The number of aryl methyl sites for hydroxylation is 1. The predicted octanol–water partition coefficient (Wildman–Crippen LogP) is 3.13. The summed E-state index contributed by atoms with van der Waals surface area (Å²) in [5, 5.41) is 1.57. The summed E-state index contributed by atoms with van der Waals surface area (Å²) in [5.41, 5.74) is 2.80. The minimum absolute atomic E-state index is 0.828. The summed E-state index contributed by atoms with van der Waals surface area (Å²) in [5.74, 6) is 2.43. The van der Waals surface area contributed by atoms with E-state index in [1.807, 2.05) is 0 Å². The van der Waals surface area contributed by atoms with Crippen LogP contribution in [0.2, 0.25) is 13.1 Å². The van der Waals surface area contributed by atoms with E-state index in [9.17, 15) is 0 Å². The maximum absolute atomic E-state index is 6.14. The summed E-state index contributed by atoms with van der Waals surface area (Å²) in [6.45, 7) is 4.80. The third-order valence-corrected chi connectivity index (χ3v) is 5.34. The molecular weight excluding hydrogens is 224 g/mol. The van der Waals surface area contributed by atoms with Crippen molar-refractivity contribution in [1.29, 1.82) is 0 Å². The van der Waals surface area contributed by atoms with Crippen molar-refractivity contribution >= 4 is 14.0 Å². The summed E-state index contributed by atoms with van der Waals surface area (Å²) in [6.07, 6.45) is 3.64. The van der Waals surface area contributed by atoms with E-state index in [1.54, 1.807) is 10.8 Å². The van der Waals surface area contributed by atoms with Crippen LogP contribution in [0.15, 0.2) is 34.7 Å². The van der Waals surface area contributed by atoms with Crippen molar-refractivity contribution < 1.29 is 4.42 Å². The van der Waals surface area contributed by atoms with Crippen molar-refractivity contribution in [2.45, 2.75) is 32.4 Å². The minimum Gasteiger partial charge on any atom is -0.461 e. The molecule has 17 heavy (non-hydrogen) atoms. The van der Waals surface area contributed by atoms with Gasteiger partial charge in [0.2, 0.25) is 0 Å². The Labute approximate surface area is 104 Å². The van der Waals surface area contributed by atoms with Gasteiger partial charge in [0.1, 0.15) is 11.5 Å². The molecule has 1 heterocycles. The van der Waals surface area contributed by atoms with Gasteiger partial charge in [0.05, 0.1) is 8.80 Å². The summed E-state index contributed by atoms with van der Waals surface area (Å²) in [6, 6.07) is 10.6. The fraction of sp³-hybridized carbons (Fsp3) is 0.333. The normalized spacial score (nSPS) is 14.3. The summed E-state index contributed by atoms with van der Waals surface area (Å²) >= 11 is 0. The Morgan fingerprint density at radius 3 is 2.53 bits per heavy atom. The van der Waals surface area contributed by atoms with Gasteiger partial charge in [-0.05, 0) is 23.6 Å². The Kier molecular flexibility index (Phi) is 2.67. The van der Waals surface area contributed by atoms with Crippen LogP contribution in [-0.2, 0) is 12.8 Å². The lowest BCUT2D eigenvalue weighted by molar-refractivity contribution is 0.530. The molecule has 0 N–H and O–H groups in total. The third-order valence-electron chi connectivity index (χ3n) is 3.58. The summed E-state index contributed by atoms with van der Waals surface area (Å²) < 4.78 is 6.14. The van der Waals surface area contributed by atoms with Crippen molar-refractivity contribution in [2.24, 2.45) is 0 Å². The minimum atomic E-state index is -0.828. The first-order chi connectivity index (χ1) is 8.27. The molecule has 2 aromatic rings. The van der Waals surface area contributed by atoms with Gasteiger partial charge >= 0.3 is 0 Å². The largest absolute Gasteiger partial charge is 0.461 e.